The molecule has 132 heavy (non-hydrogen) atoms. The van der Waals surface area contributed by atoms with Crippen LogP contribution < -0.4 is 39.8 Å². The molecule has 23 heteroatoms. The molecule has 7 heterocycles. The Morgan fingerprint density at radius 3 is 0.871 bits per heavy atom. The molecule has 0 N–H and O–H groups in total. The molecular formula is C109H119B4Br5IN3O10. The number of rotatable bonds is 17. The predicted octanol–water partition coefficient (Wildman–Crippen LogP) is 32.8. The number of hydrogen-bond acceptors (Lipinski definition) is 13. The first kappa shape index (κ1) is 99.0. The number of halogens is 6. The van der Waals surface area contributed by atoms with Crippen molar-refractivity contribution in [1.82, 2.24) is 0 Å². The summed E-state index contributed by atoms with van der Waals surface area (Å²) in [6, 6.07) is 89.9. The van der Waals surface area contributed by atoms with Gasteiger partial charge in [-0.3, -0.25) is 0 Å². The van der Waals surface area contributed by atoms with Crippen molar-refractivity contribution in [3.05, 3.63) is 297 Å². The molecule has 0 atom stereocenters. The van der Waals surface area contributed by atoms with Gasteiger partial charge in [0.05, 0.1) is 73.3 Å². The summed E-state index contributed by atoms with van der Waals surface area (Å²) in [5.41, 5.74) is 17.9. The molecule has 0 unspecified atom stereocenters. The van der Waals surface area contributed by atoms with E-state index in [0.29, 0.717) is 0 Å². The van der Waals surface area contributed by atoms with Gasteiger partial charge in [-0.1, -0.05) is 218 Å². The van der Waals surface area contributed by atoms with E-state index in [9.17, 15) is 0 Å². The van der Waals surface area contributed by atoms with Crippen LogP contribution in [0, 0.1) is 8.99 Å². The Bertz CT molecular complexity index is 5720. The van der Waals surface area contributed by atoms with Crippen LogP contribution in [0.4, 0.5) is 51.2 Å². The highest BCUT2D eigenvalue weighted by molar-refractivity contribution is 14.1. The average Bonchev–Trinajstić information content (AvgIpc) is 1.64. The third kappa shape index (κ3) is 22.1. The summed E-state index contributed by atoms with van der Waals surface area (Å²) in [7, 11) is -1.41. The average molecular weight is 2200 g/mol. The van der Waals surface area contributed by atoms with Gasteiger partial charge in [0.1, 0.15) is 0 Å². The second-order valence-electron chi connectivity index (χ2n) is 39.2. The highest BCUT2D eigenvalue weighted by Crippen LogP contribution is 2.57. The highest BCUT2D eigenvalue weighted by Gasteiger charge is 2.64. The summed E-state index contributed by atoms with van der Waals surface area (Å²) in [6.07, 6.45) is 11.6. The largest absolute Gasteiger partial charge is 0.494 e. The summed E-state index contributed by atoms with van der Waals surface area (Å²) in [5, 5.41) is 0. The quantitative estimate of drug-likeness (QED) is 0.0639. The highest BCUT2D eigenvalue weighted by atomic mass is 127. The molecule has 0 bridgehead atoms. The minimum atomic E-state index is -0.476. The molecule has 7 aliphatic rings. The standard InChI is InChI=1S/C35H45B2NO4.C34H27Br2NO.C22H19Br2NO.C12H24B2O4.C6H4BrI/c1-10-11-12-24-13-17-27(18-14-24)38-28-19-15-25(36-23-32(2,3)33(4,5)40-36)21-30(28)39-31-22-26(16-20-29(31)38)37-41-34(6,7)35(8,9)42-37;1-2-3-4-23-5-17-30(18-6-23)37-31-19-11-26(24-7-13-28(35)14-8-24)21-33(31)38-34-22-27(12-20-32(34)37)25-9-15-29(36)16-10-25;1-2-3-4-15-5-9-18(10-6-15)25-19-11-7-16(23)13-21(19)26-22-14-17(24)8-12-20(22)25;1-9(2)10(3,4)16-13(15-9)14-17-11(5,6)12(7,8)18-14;7-5-1-3-6(8)4-2-5/h13-22H,10-12,23H2,1-9H3;5-22H,2-4H2,1H3;5-14H,2-4H2,1H3;1-8H3;1-4H. The van der Waals surface area contributed by atoms with E-state index in [4.69, 9.17) is 46.8 Å². The summed E-state index contributed by atoms with van der Waals surface area (Å²) >= 11 is 19.8. The molecule has 0 saturated carbocycles. The number of nitrogens with zero attached hydrogens (tertiary/aromatic N) is 3. The molecule has 0 aromatic heterocycles. The molecule has 19 rings (SSSR count). The van der Waals surface area contributed by atoms with E-state index in [0.717, 1.165) is 167 Å². The van der Waals surface area contributed by atoms with Crippen LogP contribution >= 0.6 is 102 Å². The zero-order valence-electron chi connectivity index (χ0n) is 79.3. The van der Waals surface area contributed by atoms with Gasteiger partial charge in [0.15, 0.2) is 34.5 Å². The zero-order valence-corrected chi connectivity index (χ0v) is 89.4. The van der Waals surface area contributed by atoms with E-state index in [1.54, 1.807) is 0 Å². The summed E-state index contributed by atoms with van der Waals surface area (Å²) in [5.74, 6) is 5.00. The van der Waals surface area contributed by atoms with Crippen molar-refractivity contribution in [3.8, 4) is 56.8 Å². The van der Waals surface area contributed by atoms with Gasteiger partial charge in [-0.25, -0.2) is 0 Å². The Labute approximate surface area is 840 Å². The minimum Gasteiger partial charge on any atom is -0.453 e. The van der Waals surface area contributed by atoms with E-state index in [2.05, 4.69) is 424 Å². The lowest BCUT2D eigenvalue weighted by atomic mass is 9.49. The predicted molar refractivity (Wildman–Crippen MR) is 575 cm³/mol. The molecule has 12 aromatic rings. The fraction of sp³-hybridized carbons (Fsp3) is 0.339. The molecular weight excluding hydrogens is 2080 g/mol. The molecule has 12 aromatic carbocycles. The topological polar surface area (TPSA) is 102 Å². The van der Waals surface area contributed by atoms with Crippen LogP contribution in [-0.4, -0.2) is 67.3 Å². The monoisotopic (exact) mass is 2200 g/mol. The van der Waals surface area contributed by atoms with E-state index in [1.165, 1.54) is 58.8 Å². The summed E-state index contributed by atoms with van der Waals surface area (Å²) in [6.45, 7) is 40.2. The number of hydrogen-bond donors (Lipinski definition) is 0. The van der Waals surface area contributed by atoms with E-state index in [-0.39, 0.29) is 40.3 Å². The van der Waals surface area contributed by atoms with Crippen molar-refractivity contribution >= 4 is 192 Å². The van der Waals surface area contributed by atoms with Crippen LogP contribution in [0.1, 0.15) is 187 Å². The van der Waals surface area contributed by atoms with Crippen LogP contribution in [0.15, 0.2) is 277 Å². The maximum Gasteiger partial charge on any atom is 0.494 e. The Morgan fingerprint density at radius 2 is 0.553 bits per heavy atom. The lowest BCUT2D eigenvalue weighted by Gasteiger charge is -2.34. The van der Waals surface area contributed by atoms with Crippen molar-refractivity contribution < 1.29 is 46.8 Å². The molecule has 4 saturated heterocycles. The van der Waals surface area contributed by atoms with Crippen LogP contribution in [0.3, 0.4) is 0 Å². The maximum atomic E-state index is 6.71. The second kappa shape index (κ2) is 40.7. The number of unbranched alkanes of at least 4 members (excludes halogenated alkanes) is 3. The van der Waals surface area contributed by atoms with Crippen molar-refractivity contribution in [1.29, 1.82) is 0 Å². The van der Waals surface area contributed by atoms with Gasteiger partial charge in [-0.15, -0.1) is 0 Å². The smallest absolute Gasteiger partial charge is 0.453 e. The Morgan fingerprint density at radius 1 is 0.280 bits per heavy atom. The Kier molecular flexibility index (Phi) is 30.5. The van der Waals surface area contributed by atoms with E-state index >= 15 is 0 Å². The molecule has 0 spiro atoms. The van der Waals surface area contributed by atoms with Crippen molar-refractivity contribution in [3.63, 3.8) is 0 Å². The SMILES string of the molecule is Brc1ccc(I)cc1.CC1(C)OB(B2OC(C)(C)C(C)(C)O2)OC1(C)C.CCCCc1ccc(N2c3ccc(-c4ccc(Br)cc4)cc3Oc3cc(-c4ccc(Br)cc4)ccc32)cc1.CCCCc1ccc(N2c3ccc(B4CC(C)(C)C(C)(C)O4)cc3Oc3cc(B4OC(C)(C)C(C)(C)O4)ccc32)cc1.CCCCc1ccc(N2c3ccc(Br)cc3Oc3cc(Br)ccc32)cc1. The first-order valence-corrected chi connectivity index (χ1v) is 51.2. The van der Waals surface area contributed by atoms with Crippen molar-refractivity contribution in [2.75, 3.05) is 14.7 Å². The third-order valence-electron chi connectivity index (χ3n) is 27.5. The normalized spacial score (nSPS) is 17.6. The summed E-state index contributed by atoms with van der Waals surface area (Å²) in [4.78, 5) is 6.88. The first-order valence-electron chi connectivity index (χ1n) is 46.2. The number of aryl methyl sites for hydroxylation is 3. The van der Waals surface area contributed by atoms with Crippen LogP contribution in [0.25, 0.3) is 22.3 Å². The van der Waals surface area contributed by atoms with Gasteiger partial charge >= 0.3 is 28.1 Å². The lowest BCUT2D eigenvalue weighted by Crippen LogP contribution is -2.41. The zero-order chi connectivity index (χ0) is 94.2. The van der Waals surface area contributed by atoms with Gasteiger partial charge in [0.2, 0.25) is 0 Å². The number of ether oxygens (including phenoxy) is 3. The maximum absolute atomic E-state index is 6.71. The molecule has 4 fully saturated rings. The van der Waals surface area contributed by atoms with Crippen molar-refractivity contribution in [2.24, 2.45) is 5.41 Å². The lowest BCUT2D eigenvalue weighted by molar-refractivity contribution is 0.00578. The van der Waals surface area contributed by atoms with Gasteiger partial charge in [0.25, 0.3) is 0 Å². The van der Waals surface area contributed by atoms with Gasteiger partial charge in [0, 0.05) is 43.0 Å². The van der Waals surface area contributed by atoms with Crippen LogP contribution in [0.2, 0.25) is 6.32 Å². The fourth-order valence-corrected chi connectivity index (χ4v) is 18.5. The van der Waals surface area contributed by atoms with E-state index in [1.807, 2.05) is 79.7 Å². The fourth-order valence-electron chi connectivity index (χ4n) is 16.7. The Balaban J connectivity index is 0.000000135. The first-order chi connectivity index (χ1) is 62.6. The van der Waals surface area contributed by atoms with Gasteiger partial charge in [-0.2, -0.15) is 0 Å². The van der Waals surface area contributed by atoms with Gasteiger partial charge in [-0.05, 0) is 390 Å². The number of anilines is 9. The molecule has 0 radical (unpaired) electrons. The van der Waals surface area contributed by atoms with Crippen LogP contribution in [0.5, 0.6) is 34.5 Å². The number of benzene rings is 12. The van der Waals surface area contributed by atoms with Crippen molar-refractivity contribution in [2.45, 2.75) is 235 Å². The van der Waals surface area contributed by atoms with E-state index < -0.39 is 32.3 Å². The molecule has 7 aliphatic heterocycles. The second-order valence-corrected chi connectivity index (χ2v) is 45.0. The van der Waals surface area contributed by atoms with Crippen LogP contribution in [-0.2, 0) is 51.8 Å². The molecule has 0 aliphatic carbocycles. The summed E-state index contributed by atoms with van der Waals surface area (Å²) < 4.78 is 69.3. The molecule has 684 valence electrons. The minimum absolute atomic E-state index is 0.0210. The number of fused-ring (bicyclic) bond motifs is 6. The van der Waals surface area contributed by atoms with Gasteiger partial charge < -0.3 is 61.5 Å². The molecule has 13 nitrogen and oxygen atoms in total. The third-order valence-corrected chi connectivity index (χ3v) is 30.8. The molecule has 0 amide bonds. The Hall–Kier alpha value is -7.45.